The number of benzene rings is 1. The Morgan fingerprint density at radius 3 is 2.43 bits per heavy atom. The van der Waals surface area contributed by atoms with Crippen LogP contribution in [0.15, 0.2) is 27.8 Å². The highest BCUT2D eigenvalue weighted by molar-refractivity contribution is 5.82. The minimum Gasteiger partial charge on any atom is -0.480 e. The zero-order valence-electron chi connectivity index (χ0n) is 10.6. The molecule has 0 bridgehead atoms. The van der Waals surface area contributed by atoms with Gasteiger partial charge in [0.2, 0.25) is 0 Å². The van der Waals surface area contributed by atoms with Crippen molar-refractivity contribution in [3.8, 4) is 0 Å². The average Bonchev–Trinajstić information content (AvgIpc) is 2.39. The van der Waals surface area contributed by atoms with Crippen LogP contribution in [0.2, 0.25) is 0 Å². The van der Waals surface area contributed by atoms with Crippen molar-refractivity contribution < 1.29 is 23.1 Å². The number of carboxylic acid groups (broad SMARTS) is 1. The number of halogens is 3. The fraction of sp³-hybridized carbons (Fsp3) is 0.250. The number of hydrogen-bond donors (Lipinski definition) is 1. The van der Waals surface area contributed by atoms with E-state index in [1.165, 1.54) is 13.1 Å². The van der Waals surface area contributed by atoms with Crippen molar-refractivity contribution in [1.29, 1.82) is 0 Å². The lowest BCUT2D eigenvalue weighted by Gasteiger charge is -2.13. The van der Waals surface area contributed by atoms with Gasteiger partial charge in [-0.1, -0.05) is 6.07 Å². The molecule has 9 heteroatoms. The van der Waals surface area contributed by atoms with Crippen LogP contribution in [0.3, 0.4) is 0 Å². The molecule has 0 radical (unpaired) electrons. The highest BCUT2D eigenvalue weighted by Gasteiger charge is 2.34. The Morgan fingerprint density at radius 1 is 1.29 bits per heavy atom. The van der Waals surface area contributed by atoms with Crippen LogP contribution in [0.1, 0.15) is 5.56 Å². The van der Waals surface area contributed by atoms with Crippen molar-refractivity contribution in [3.05, 3.63) is 44.6 Å². The third-order valence-corrected chi connectivity index (χ3v) is 2.98. The predicted molar refractivity (Wildman–Crippen MR) is 66.1 cm³/mol. The summed E-state index contributed by atoms with van der Waals surface area (Å²) in [7, 11) is 1.17. The minimum atomic E-state index is -4.79. The Hall–Kier alpha value is -2.58. The van der Waals surface area contributed by atoms with E-state index >= 15 is 0 Å². The maximum Gasteiger partial charge on any atom is 0.417 e. The van der Waals surface area contributed by atoms with Gasteiger partial charge in [0.05, 0.1) is 16.5 Å². The van der Waals surface area contributed by atoms with Crippen molar-refractivity contribution in [2.75, 3.05) is 0 Å². The lowest BCUT2D eigenvalue weighted by atomic mass is 10.1. The first kappa shape index (κ1) is 14.8. The molecule has 0 saturated heterocycles. The molecule has 112 valence electrons. The number of hydrogen-bond acceptors (Lipinski definition) is 3. The first-order valence-electron chi connectivity index (χ1n) is 5.66. The van der Waals surface area contributed by atoms with Crippen LogP contribution in [0.4, 0.5) is 13.2 Å². The highest BCUT2D eigenvalue weighted by Crippen LogP contribution is 2.32. The summed E-state index contributed by atoms with van der Waals surface area (Å²) in [5.41, 5.74) is -3.68. The fourth-order valence-electron chi connectivity index (χ4n) is 2.06. The standard InChI is InChI=1S/C12H9F3N2O4/c1-16-7-4-2-3-6(12(13,14)15)9(7)10(20)17(11(16)21)5-8(18)19/h2-4H,5H2,1H3,(H,18,19). The Bertz CT molecular complexity index is 848. The molecule has 0 unspecified atom stereocenters. The van der Waals surface area contributed by atoms with Crippen molar-refractivity contribution in [3.63, 3.8) is 0 Å². The summed E-state index contributed by atoms with van der Waals surface area (Å²) in [4.78, 5) is 34.6. The Kier molecular flexibility index (Phi) is 3.36. The van der Waals surface area contributed by atoms with Gasteiger partial charge in [-0.05, 0) is 12.1 Å². The second kappa shape index (κ2) is 4.76. The molecule has 1 heterocycles. The predicted octanol–water partition coefficient (Wildman–Crippen LogP) is 0.804. The number of rotatable bonds is 2. The number of alkyl halides is 3. The lowest BCUT2D eigenvalue weighted by molar-refractivity contribution is -0.138. The molecule has 2 rings (SSSR count). The van der Waals surface area contributed by atoms with E-state index in [2.05, 4.69) is 0 Å². The summed E-state index contributed by atoms with van der Waals surface area (Å²) < 4.78 is 40.0. The van der Waals surface area contributed by atoms with Crippen LogP contribution >= 0.6 is 0 Å². The van der Waals surface area contributed by atoms with E-state index in [-0.39, 0.29) is 10.1 Å². The molecule has 0 aliphatic carbocycles. The van der Waals surface area contributed by atoms with Gasteiger partial charge in [-0.3, -0.25) is 14.2 Å². The molecule has 1 aromatic carbocycles. The van der Waals surface area contributed by atoms with E-state index in [4.69, 9.17) is 5.11 Å². The third kappa shape index (κ3) is 2.41. The summed E-state index contributed by atoms with van der Waals surface area (Å²) in [6.07, 6.45) is -4.79. The lowest BCUT2D eigenvalue weighted by Crippen LogP contribution is -2.41. The van der Waals surface area contributed by atoms with Gasteiger partial charge in [-0.2, -0.15) is 13.2 Å². The van der Waals surface area contributed by atoms with Gasteiger partial charge in [-0.15, -0.1) is 0 Å². The number of aryl methyl sites for hydroxylation is 1. The monoisotopic (exact) mass is 302 g/mol. The van der Waals surface area contributed by atoms with Gasteiger partial charge in [0, 0.05) is 7.05 Å². The van der Waals surface area contributed by atoms with Gasteiger partial charge in [0.1, 0.15) is 6.54 Å². The van der Waals surface area contributed by atoms with Gasteiger partial charge < -0.3 is 5.11 Å². The molecule has 1 aromatic heterocycles. The largest absolute Gasteiger partial charge is 0.480 e. The van der Waals surface area contributed by atoms with Gasteiger partial charge in [0.15, 0.2) is 0 Å². The highest BCUT2D eigenvalue weighted by atomic mass is 19.4. The number of aliphatic carboxylic acids is 1. The molecular formula is C12H9F3N2O4. The van der Waals surface area contributed by atoms with Crippen molar-refractivity contribution in [2.24, 2.45) is 7.05 Å². The van der Waals surface area contributed by atoms with Crippen molar-refractivity contribution in [1.82, 2.24) is 9.13 Å². The molecule has 0 saturated carbocycles. The number of fused-ring (bicyclic) bond motifs is 1. The number of nitrogens with zero attached hydrogens (tertiary/aromatic N) is 2. The van der Waals surface area contributed by atoms with E-state index in [0.29, 0.717) is 6.07 Å². The summed E-state index contributed by atoms with van der Waals surface area (Å²) in [6, 6.07) is 2.98. The van der Waals surface area contributed by atoms with E-state index in [1.807, 2.05) is 0 Å². The first-order valence-corrected chi connectivity index (χ1v) is 5.66. The Balaban J connectivity index is 3.02. The summed E-state index contributed by atoms with van der Waals surface area (Å²) in [5.74, 6) is -1.50. The normalized spacial score (nSPS) is 11.8. The van der Waals surface area contributed by atoms with Crippen LogP contribution in [0, 0.1) is 0 Å². The van der Waals surface area contributed by atoms with Gasteiger partial charge >= 0.3 is 17.8 Å². The molecule has 6 nitrogen and oxygen atoms in total. The van der Waals surface area contributed by atoms with E-state index in [0.717, 1.165) is 10.6 Å². The van der Waals surface area contributed by atoms with Crippen LogP contribution in [0.5, 0.6) is 0 Å². The molecule has 2 aromatic rings. The van der Waals surface area contributed by atoms with E-state index in [1.54, 1.807) is 0 Å². The number of carbonyl (C=O) groups is 1. The molecule has 0 fully saturated rings. The zero-order chi connectivity index (χ0) is 15.9. The second-order valence-corrected chi connectivity index (χ2v) is 4.32. The molecule has 0 aliphatic heterocycles. The Labute approximate surface area is 114 Å². The summed E-state index contributed by atoms with van der Waals surface area (Å²) >= 11 is 0. The van der Waals surface area contributed by atoms with Crippen molar-refractivity contribution >= 4 is 16.9 Å². The average molecular weight is 302 g/mol. The fourth-order valence-corrected chi connectivity index (χ4v) is 2.06. The topological polar surface area (TPSA) is 81.3 Å². The van der Waals surface area contributed by atoms with Crippen LogP contribution < -0.4 is 11.2 Å². The van der Waals surface area contributed by atoms with Crippen molar-refractivity contribution in [2.45, 2.75) is 12.7 Å². The maximum absolute atomic E-state index is 13.0. The van der Waals surface area contributed by atoms with Crippen LogP contribution in [-0.2, 0) is 24.6 Å². The molecule has 0 amide bonds. The molecule has 0 spiro atoms. The second-order valence-electron chi connectivity index (χ2n) is 4.32. The molecule has 0 atom stereocenters. The van der Waals surface area contributed by atoms with Crippen LogP contribution in [0.25, 0.3) is 10.9 Å². The SMILES string of the molecule is Cn1c(=O)n(CC(=O)O)c(=O)c2c(C(F)(F)F)cccc21. The molecule has 0 aliphatic rings. The van der Waals surface area contributed by atoms with Gasteiger partial charge in [-0.25, -0.2) is 9.36 Å². The van der Waals surface area contributed by atoms with Gasteiger partial charge in [0.25, 0.3) is 5.56 Å². The molecule has 21 heavy (non-hydrogen) atoms. The summed E-state index contributed by atoms with van der Waals surface area (Å²) in [6.45, 7) is -1.01. The first-order chi connectivity index (χ1) is 9.64. The summed E-state index contributed by atoms with van der Waals surface area (Å²) in [5, 5.41) is 7.95. The number of carboxylic acids is 1. The zero-order valence-corrected chi connectivity index (χ0v) is 10.6. The van der Waals surface area contributed by atoms with Crippen LogP contribution in [-0.4, -0.2) is 20.2 Å². The quantitative estimate of drug-likeness (QED) is 0.890. The maximum atomic E-state index is 13.0. The smallest absolute Gasteiger partial charge is 0.417 e. The number of aromatic nitrogens is 2. The van der Waals surface area contributed by atoms with E-state index in [9.17, 15) is 27.6 Å². The minimum absolute atomic E-state index is 0.207. The third-order valence-electron chi connectivity index (χ3n) is 2.98. The Morgan fingerprint density at radius 2 is 1.90 bits per heavy atom. The molecule has 1 N–H and O–H groups in total. The molecular weight excluding hydrogens is 293 g/mol. The van der Waals surface area contributed by atoms with E-state index < -0.39 is 40.9 Å².